The second kappa shape index (κ2) is 6.84. The molecule has 1 aliphatic carbocycles. The average molecular weight is 354 g/mol. The Morgan fingerprint density at radius 3 is 2.71 bits per heavy atom. The molecular weight excluding hydrogens is 328 g/mol. The Morgan fingerprint density at radius 1 is 1.38 bits per heavy atom. The van der Waals surface area contributed by atoms with Gasteiger partial charge in [0.2, 0.25) is 15.9 Å². The van der Waals surface area contributed by atoms with Crippen molar-refractivity contribution in [3.05, 3.63) is 18.2 Å². The van der Waals surface area contributed by atoms with E-state index in [2.05, 4.69) is 4.98 Å². The lowest BCUT2D eigenvalue weighted by Crippen LogP contribution is -2.43. The minimum atomic E-state index is -3.31. The highest BCUT2D eigenvalue weighted by atomic mass is 32.2. The Balaban J connectivity index is 1.61. The van der Waals surface area contributed by atoms with Gasteiger partial charge in [-0.25, -0.2) is 13.4 Å². The largest absolute Gasteiger partial charge is 0.341 e. The van der Waals surface area contributed by atoms with Crippen LogP contribution in [0, 0.1) is 12.8 Å². The summed E-state index contributed by atoms with van der Waals surface area (Å²) in [5, 5.41) is 0. The average Bonchev–Trinajstić information content (AvgIpc) is 3.02. The number of nitrogens with zero attached hydrogens (tertiary/aromatic N) is 4. The molecule has 1 saturated carbocycles. The highest BCUT2D eigenvalue weighted by Crippen LogP contribution is 2.33. The second-order valence-electron chi connectivity index (χ2n) is 6.97. The molecule has 1 saturated heterocycles. The van der Waals surface area contributed by atoms with Crippen LogP contribution in [-0.4, -0.2) is 65.0 Å². The number of sulfonamides is 1. The summed E-state index contributed by atoms with van der Waals surface area (Å²) in [6, 6.07) is -0.119. The number of likely N-dealkylation sites (tertiary alicyclic amines) is 1. The van der Waals surface area contributed by atoms with Gasteiger partial charge in [0.15, 0.2) is 0 Å². The van der Waals surface area contributed by atoms with E-state index >= 15 is 0 Å². The molecule has 2 aliphatic rings. The van der Waals surface area contributed by atoms with E-state index in [4.69, 9.17) is 0 Å². The van der Waals surface area contributed by atoms with Gasteiger partial charge in [0, 0.05) is 51.0 Å². The third-order valence-electron chi connectivity index (χ3n) is 4.99. The molecule has 2 fully saturated rings. The van der Waals surface area contributed by atoms with Crippen LogP contribution in [0.15, 0.2) is 12.4 Å². The summed E-state index contributed by atoms with van der Waals surface area (Å²) < 4.78 is 27.9. The van der Waals surface area contributed by atoms with Crippen molar-refractivity contribution in [2.75, 3.05) is 25.9 Å². The summed E-state index contributed by atoms with van der Waals surface area (Å²) in [7, 11) is -3.31. The molecule has 134 valence electrons. The maximum Gasteiger partial charge on any atom is 0.222 e. The van der Waals surface area contributed by atoms with Crippen LogP contribution in [-0.2, 0) is 21.4 Å². The van der Waals surface area contributed by atoms with Gasteiger partial charge in [-0.1, -0.05) is 0 Å². The monoisotopic (exact) mass is 354 g/mol. The molecule has 7 nitrogen and oxygen atoms in total. The number of carbonyl (C=O) groups is 1. The number of imidazole rings is 1. The molecular formula is C16H26N4O3S. The van der Waals surface area contributed by atoms with Gasteiger partial charge in [-0.05, 0) is 32.1 Å². The lowest BCUT2D eigenvalue weighted by atomic mass is 10.2. The molecule has 1 atom stereocenters. The third-order valence-corrected chi connectivity index (χ3v) is 6.33. The maximum absolute atomic E-state index is 12.2. The molecule has 1 unspecified atom stereocenters. The number of amides is 1. The van der Waals surface area contributed by atoms with E-state index in [1.54, 1.807) is 10.5 Å². The van der Waals surface area contributed by atoms with Crippen molar-refractivity contribution >= 4 is 15.9 Å². The van der Waals surface area contributed by atoms with Gasteiger partial charge in [0.05, 0.1) is 6.26 Å². The Morgan fingerprint density at radius 2 is 2.12 bits per heavy atom. The summed E-state index contributed by atoms with van der Waals surface area (Å²) >= 11 is 0. The quantitative estimate of drug-likeness (QED) is 0.728. The number of hydrogen-bond acceptors (Lipinski definition) is 4. The predicted molar refractivity (Wildman–Crippen MR) is 90.8 cm³/mol. The Labute approximate surface area is 143 Å². The van der Waals surface area contributed by atoms with E-state index in [1.807, 2.05) is 22.6 Å². The molecule has 2 heterocycles. The number of carbonyl (C=O) groups excluding carboxylic acids is 1. The normalized spacial score (nSPS) is 21.6. The van der Waals surface area contributed by atoms with Crippen LogP contribution < -0.4 is 0 Å². The van der Waals surface area contributed by atoms with Crippen LogP contribution in [0.4, 0.5) is 0 Å². The van der Waals surface area contributed by atoms with Crippen LogP contribution in [0.1, 0.15) is 31.5 Å². The minimum absolute atomic E-state index is 0.119. The van der Waals surface area contributed by atoms with Crippen molar-refractivity contribution in [3.63, 3.8) is 0 Å². The zero-order valence-electron chi connectivity index (χ0n) is 14.4. The summed E-state index contributed by atoms with van der Waals surface area (Å²) in [6.07, 6.45) is 8.48. The van der Waals surface area contributed by atoms with E-state index in [9.17, 15) is 13.2 Å². The highest BCUT2D eigenvalue weighted by Gasteiger charge is 2.36. The van der Waals surface area contributed by atoms with Crippen molar-refractivity contribution < 1.29 is 13.2 Å². The van der Waals surface area contributed by atoms with Crippen molar-refractivity contribution in [2.45, 2.75) is 45.2 Å². The van der Waals surface area contributed by atoms with Crippen LogP contribution in [0.3, 0.4) is 0 Å². The third kappa shape index (κ3) is 4.16. The number of aromatic nitrogens is 2. The number of rotatable bonds is 7. The van der Waals surface area contributed by atoms with Crippen LogP contribution in [0.25, 0.3) is 0 Å². The summed E-state index contributed by atoms with van der Waals surface area (Å²) in [5.74, 6) is 1.61. The summed E-state index contributed by atoms with van der Waals surface area (Å²) in [5.41, 5.74) is 0. The first-order valence-corrected chi connectivity index (χ1v) is 10.4. The fourth-order valence-electron chi connectivity index (χ4n) is 3.37. The Kier molecular flexibility index (Phi) is 4.96. The summed E-state index contributed by atoms with van der Waals surface area (Å²) in [6.45, 7) is 4.06. The predicted octanol–water partition coefficient (Wildman–Crippen LogP) is 0.854. The molecule has 1 aromatic rings. The van der Waals surface area contributed by atoms with Gasteiger partial charge in [0.1, 0.15) is 5.82 Å². The molecule has 0 radical (unpaired) electrons. The highest BCUT2D eigenvalue weighted by molar-refractivity contribution is 7.88. The number of hydrogen-bond donors (Lipinski definition) is 0. The molecule has 0 aromatic carbocycles. The van der Waals surface area contributed by atoms with Gasteiger partial charge in [0.25, 0.3) is 0 Å². The second-order valence-corrected chi connectivity index (χ2v) is 8.91. The fraction of sp³-hybridized carbons (Fsp3) is 0.750. The standard InChI is InChI=1S/C16H26N4O3S/c1-13-17-6-8-18(13)9-10-20(24(2,22)23)15-5-7-19(12-15)16(21)11-14-3-4-14/h6,8,14-15H,3-5,7,9-12H2,1-2H3. The van der Waals surface area contributed by atoms with Crippen molar-refractivity contribution in [1.29, 1.82) is 0 Å². The lowest BCUT2D eigenvalue weighted by Gasteiger charge is -2.27. The molecule has 1 amide bonds. The van der Waals surface area contributed by atoms with Crippen LogP contribution in [0.5, 0.6) is 0 Å². The summed E-state index contributed by atoms with van der Waals surface area (Å²) in [4.78, 5) is 18.3. The fourth-order valence-corrected chi connectivity index (χ4v) is 4.49. The van der Waals surface area contributed by atoms with Crippen LogP contribution >= 0.6 is 0 Å². The molecule has 1 aromatic heterocycles. The zero-order valence-corrected chi connectivity index (χ0v) is 15.2. The first-order valence-electron chi connectivity index (χ1n) is 8.57. The smallest absolute Gasteiger partial charge is 0.222 e. The first-order chi connectivity index (χ1) is 11.3. The zero-order chi connectivity index (χ0) is 17.3. The number of aryl methyl sites for hydroxylation is 1. The van der Waals surface area contributed by atoms with Gasteiger partial charge >= 0.3 is 0 Å². The first kappa shape index (κ1) is 17.4. The molecule has 3 rings (SSSR count). The van der Waals surface area contributed by atoms with Crippen molar-refractivity contribution in [1.82, 2.24) is 18.8 Å². The Hall–Kier alpha value is -1.41. The van der Waals surface area contributed by atoms with Gasteiger partial charge in [-0.3, -0.25) is 4.79 Å². The SMILES string of the molecule is Cc1nccn1CCN(C1CCN(C(=O)CC2CC2)C1)S(C)(=O)=O. The van der Waals surface area contributed by atoms with E-state index in [-0.39, 0.29) is 11.9 Å². The molecule has 8 heteroatoms. The van der Waals surface area contributed by atoms with Gasteiger partial charge < -0.3 is 9.47 Å². The topological polar surface area (TPSA) is 75.5 Å². The molecule has 0 N–H and O–H groups in total. The molecule has 0 spiro atoms. The lowest BCUT2D eigenvalue weighted by molar-refractivity contribution is -0.130. The Bertz CT molecular complexity index is 696. The van der Waals surface area contributed by atoms with Gasteiger partial charge in [-0.15, -0.1) is 0 Å². The van der Waals surface area contributed by atoms with Crippen LogP contribution in [0.2, 0.25) is 0 Å². The van der Waals surface area contributed by atoms with Crippen molar-refractivity contribution in [2.24, 2.45) is 5.92 Å². The van der Waals surface area contributed by atoms with Crippen molar-refractivity contribution in [3.8, 4) is 0 Å². The molecule has 24 heavy (non-hydrogen) atoms. The van der Waals surface area contributed by atoms with E-state index in [0.717, 1.165) is 18.7 Å². The maximum atomic E-state index is 12.2. The minimum Gasteiger partial charge on any atom is -0.341 e. The molecule has 1 aliphatic heterocycles. The van der Waals surface area contributed by atoms with E-state index in [1.165, 1.54) is 6.26 Å². The molecule has 0 bridgehead atoms. The van der Waals surface area contributed by atoms with E-state index < -0.39 is 10.0 Å². The van der Waals surface area contributed by atoms with E-state index in [0.29, 0.717) is 44.9 Å². The van der Waals surface area contributed by atoms with Gasteiger partial charge in [-0.2, -0.15) is 4.31 Å².